The fourth-order valence-corrected chi connectivity index (χ4v) is 8.78. The third-order valence-electron chi connectivity index (χ3n) is 13.2. The third kappa shape index (κ3) is 36.1. The van der Waals surface area contributed by atoms with E-state index in [-0.39, 0.29) is 12.5 Å². The molecule has 0 saturated carbocycles. The first-order valence-corrected chi connectivity index (χ1v) is 27.7. The van der Waals surface area contributed by atoms with Crippen molar-refractivity contribution in [2.45, 2.75) is 301 Å². The largest absolute Gasteiger partial charge is 0.394 e. The molecule has 0 radical (unpaired) electrons. The van der Waals surface area contributed by atoms with Gasteiger partial charge in [0.05, 0.1) is 25.4 Å². The molecule has 1 saturated heterocycles. The van der Waals surface area contributed by atoms with E-state index in [1.807, 2.05) is 6.08 Å². The van der Waals surface area contributed by atoms with Gasteiger partial charge in [0.2, 0.25) is 5.91 Å². The Hall–Kier alpha value is -1.59. The van der Waals surface area contributed by atoms with Gasteiger partial charge < -0.3 is 40.3 Å². The van der Waals surface area contributed by atoms with Gasteiger partial charge >= 0.3 is 0 Å². The van der Waals surface area contributed by atoms with Crippen LogP contribution in [0.15, 0.2) is 36.5 Å². The molecule has 0 aliphatic carbocycles. The fourth-order valence-electron chi connectivity index (χ4n) is 8.78. The Morgan fingerprint density at radius 2 is 0.908 bits per heavy atom. The summed E-state index contributed by atoms with van der Waals surface area (Å²) in [6.45, 7) is 3.76. The lowest BCUT2D eigenvalue weighted by atomic mass is 9.99. The Balaban J connectivity index is 2.22. The predicted molar refractivity (Wildman–Crippen MR) is 272 cm³/mol. The van der Waals surface area contributed by atoms with Gasteiger partial charge in [0.25, 0.3) is 0 Å². The molecule has 7 unspecified atom stereocenters. The van der Waals surface area contributed by atoms with E-state index in [0.717, 1.165) is 64.2 Å². The molecule has 65 heavy (non-hydrogen) atoms. The van der Waals surface area contributed by atoms with Crippen LogP contribution in [0.3, 0.4) is 0 Å². The van der Waals surface area contributed by atoms with E-state index < -0.39 is 49.5 Å². The first-order valence-electron chi connectivity index (χ1n) is 27.7. The second kappa shape index (κ2) is 46.2. The first-order chi connectivity index (χ1) is 31.8. The average Bonchev–Trinajstić information content (AvgIpc) is 3.31. The van der Waals surface area contributed by atoms with Gasteiger partial charge in [-0.15, -0.1) is 0 Å². The molecule has 1 aliphatic rings. The zero-order valence-corrected chi connectivity index (χ0v) is 42.3. The molecule has 6 N–H and O–H groups in total. The second-order valence-corrected chi connectivity index (χ2v) is 19.4. The van der Waals surface area contributed by atoms with Crippen LogP contribution < -0.4 is 5.32 Å². The van der Waals surface area contributed by atoms with Crippen molar-refractivity contribution < 1.29 is 39.8 Å². The highest BCUT2D eigenvalue weighted by atomic mass is 16.7. The number of aliphatic hydroxyl groups excluding tert-OH is 5. The molecule has 0 aromatic carbocycles. The lowest BCUT2D eigenvalue weighted by Gasteiger charge is -2.40. The second-order valence-electron chi connectivity index (χ2n) is 19.4. The third-order valence-corrected chi connectivity index (χ3v) is 13.2. The monoisotopic (exact) mass is 920 g/mol. The van der Waals surface area contributed by atoms with Crippen LogP contribution in [-0.2, 0) is 14.3 Å². The van der Waals surface area contributed by atoms with Crippen LogP contribution in [-0.4, -0.2) is 87.5 Å². The molecule has 1 amide bonds. The molecule has 1 aliphatic heterocycles. The van der Waals surface area contributed by atoms with Crippen molar-refractivity contribution in [1.29, 1.82) is 0 Å². The van der Waals surface area contributed by atoms with Gasteiger partial charge in [0, 0.05) is 6.42 Å². The molecule has 7 atom stereocenters. The minimum Gasteiger partial charge on any atom is -0.394 e. The average molecular weight is 920 g/mol. The maximum Gasteiger partial charge on any atom is 0.220 e. The van der Waals surface area contributed by atoms with Crippen LogP contribution in [0.1, 0.15) is 258 Å². The summed E-state index contributed by atoms with van der Waals surface area (Å²) in [4.78, 5) is 13.0. The molecule has 9 nitrogen and oxygen atoms in total. The van der Waals surface area contributed by atoms with Crippen LogP contribution in [0.2, 0.25) is 0 Å². The summed E-state index contributed by atoms with van der Waals surface area (Å²) < 4.78 is 11.2. The maximum atomic E-state index is 13.0. The molecule has 0 aromatic heterocycles. The number of hydrogen-bond acceptors (Lipinski definition) is 8. The number of carbonyl (C=O) groups is 1. The van der Waals surface area contributed by atoms with Gasteiger partial charge in [-0.25, -0.2) is 0 Å². The van der Waals surface area contributed by atoms with Gasteiger partial charge in [0.15, 0.2) is 6.29 Å². The lowest BCUT2D eigenvalue weighted by Crippen LogP contribution is -2.60. The number of amides is 1. The van der Waals surface area contributed by atoms with E-state index in [1.165, 1.54) is 173 Å². The van der Waals surface area contributed by atoms with Crippen molar-refractivity contribution in [1.82, 2.24) is 5.32 Å². The minimum atomic E-state index is -1.57. The smallest absolute Gasteiger partial charge is 0.220 e. The zero-order chi connectivity index (χ0) is 47.3. The van der Waals surface area contributed by atoms with Crippen molar-refractivity contribution in [3.63, 3.8) is 0 Å². The molecule has 0 bridgehead atoms. The summed E-state index contributed by atoms with van der Waals surface area (Å²) in [5, 5.41) is 54.4. The van der Waals surface area contributed by atoms with E-state index in [9.17, 15) is 30.3 Å². The summed E-state index contributed by atoms with van der Waals surface area (Å²) in [5.74, 6) is -0.189. The molecule has 0 aromatic rings. The molecule has 1 heterocycles. The summed E-state index contributed by atoms with van der Waals surface area (Å²) in [6, 6.07) is -0.812. The van der Waals surface area contributed by atoms with Crippen molar-refractivity contribution in [2.75, 3.05) is 13.2 Å². The molecule has 1 rings (SSSR count). The van der Waals surface area contributed by atoms with Crippen molar-refractivity contribution in [3.8, 4) is 0 Å². The molecule has 9 heteroatoms. The maximum absolute atomic E-state index is 13.0. The van der Waals surface area contributed by atoms with Gasteiger partial charge in [-0.05, 0) is 51.4 Å². The Morgan fingerprint density at radius 3 is 1.35 bits per heavy atom. The highest BCUT2D eigenvalue weighted by molar-refractivity contribution is 5.76. The normalized spacial score (nSPS) is 20.1. The minimum absolute atomic E-state index is 0.189. The van der Waals surface area contributed by atoms with E-state index >= 15 is 0 Å². The van der Waals surface area contributed by atoms with Crippen LogP contribution in [0.25, 0.3) is 0 Å². The highest BCUT2D eigenvalue weighted by Crippen LogP contribution is 2.23. The number of rotatable bonds is 47. The van der Waals surface area contributed by atoms with E-state index in [1.54, 1.807) is 6.08 Å². The molecular formula is C56H105NO8. The summed E-state index contributed by atoms with van der Waals surface area (Å²) in [5.41, 5.74) is 0. The molecule has 1 fully saturated rings. The quantitative estimate of drug-likeness (QED) is 0.0261. The Kier molecular flexibility index (Phi) is 43.6. The standard InChI is InChI=1S/C56H105NO8/c1-3-5-7-9-11-13-15-17-19-20-21-22-23-24-25-26-27-28-29-30-32-33-35-37-39-41-43-45-50(59)49(48-64-56-55(63)54(62)53(61)51(47-58)65-56)57-52(60)46-44-42-40-38-36-34-31-18-16-14-12-10-8-6-4-2/h12,14,18,31,43,45,49-51,53-56,58-59,61-63H,3-11,13,15-17,19-30,32-42,44,46-48H2,1-2H3,(H,57,60)/b14-12-,31-18-,45-43+. The first kappa shape index (κ1) is 61.4. The van der Waals surface area contributed by atoms with Gasteiger partial charge in [-0.2, -0.15) is 0 Å². The topological polar surface area (TPSA) is 149 Å². The number of ether oxygens (including phenoxy) is 2. The van der Waals surface area contributed by atoms with Crippen molar-refractivity contribution in [3.05, 3.63) is 36.5 Å². The number of unbranched alkanes of at least 4 members (excludes halogenated alkanes) is 33. The van der Waals surface area contributed by atoms with E-state index in [4.69, 9.17) is 9.47 Å². The van der Waals surface area contributed by atoms with Crippen LogP contribution in [0.4, 0.5) is 0 Å². The van der Waals surface area contributed by atoms with Crippen LogP contribution >= 0.6 is 0 Å². The highest BCUT2D eigenvalue weighted by Gasteiger charge is 2.44. The van der Waals surface area contributed by atoms with Gasteiger partial charge in [-0.1, -0.05) is 237 Å². The number of nitrogens with one attached hydrogen (secondary N) is 1. The zero-order valence-electron chi connectivity index (χ0n) is 42.3. The fraction of sp³-hybridized carbons (Fsp3) is 0.875. The van der Waals surface area contributed by atoms with E-state index in [2.05, 4.69) is 43.5 Å². The summed E-state index contributed by atoms with van der Waals surface area (Å²) in [7, 11) is 0. The molecule has 0 spiro atoms. The van der Waals surface area contributed by atoms with Gasteiger partial charge in [-0.3, -0.25) is 4.79 Å². The Bertz CT molecular complexity index is 1110. The van der Waals surface area contributed by atoms with E-state index in [0.29, 0.717) is 6.42 Å². The number of allylic oxidation sites excluding steroid dienone is 5. The van der Waals surface area contributed by atoms with Crippen LogP contribution in [0.5, 0.6) is 0 Å². The molecular weight excluding hydrogens is 815 g/mol. The summed E-state index contributed by atoms with van der Waals surface area (Å²) >= 11 is 0. The Labute approximate surface area is 400 Å². The van der Waals surface area contributed by atoms with Crippen molar-refractivity contribution >= 4 is 5.91 Å². The lowest BCUT2D eigenvalue weighted by molar-refractivity contribution is -0.302. The number of hydrogen-bond donors (Lipinski definition) is 6. The Morgan fingerprint density at radius 1 is 0.523 bits per heavy atom. The SMILES string of the molecule is CCCCC/C=C\C/C=C\CCCCCCCC(=O)NC(COC1OC(CO)C(O)C(O)C1O)C(O)/C=C/CCCCCCCCCCCCCCCCCCCCCCCCCCC. The van der Waals surface area contributed by atoms with Gasteiger partial charge in [0.1, 0.15) is 24.4 Å². The summed E-state index contributed by atoms with van der Waals surface area (Å²) in [6.07, 6.45) is 52.1. The number of carbonyl (C=O) groups excluding carboxylic acids is 1. The van der Waals surface area contributed by atoms with Crippen LogP contribution in [0, 0.1) is 0 Å². The molecule has 382 valence electrons. The number of aliphatic hydroxyl groups is 5. The predicted octanol–water partition coefficient (Wildman–Crippen LogP) is 13.2. The van der Waals surface area contributed by atoms with Crippen molar-refractivity contribution in [2.24, 2.45) is 0 Å².